The molecule has 0 atom stereocenters. The molecular formula is C20H30N4O2S2. The van der Waals surface area contributed by atoms with Crippen molar-refractivity contribution in [3.8, 4) is 0 Å². The van der Waals surface area contributed by atoms with E-state index in [1.807, 2.05) is 39.8 Å². The molecule has 1 aromatic heterocycles. The molecular weight excluding hydrogens is 392 g/mol. The number of nitrogens with one attached hydrogen (secondary N) is 3. The number of thiophene rings is 1. The van der Waals surface area contributed by atoms with Gasteiger partial charge in [-0.05, 0) is 57.2 Å². The average molecular weight is 423 g/mol. The first-order valence-electron chi connectivity index (χ1n) is 9.38. The second-order valence-corrected chi connectivity index (χ2v) is 10.1. The van der Waals surface area contributed by atoms with E-state index < -0.39 is 15.6 Å². The molecule has 0 saturated heterocycles. The maximum Gasteiger partial charge on any atom is 0.241 e. The third-order valence-electron chi connectivity index (χ3n) is 3.70. The number of nitrogens with zero attached hydrogens (tertiary/aromatic N) is 1. The molecule has 0 fully saturated rings. The van der Waals surface area contributed by atoms with Crippen molar-refractivity contribution >= 4 is 27.3 Å². The molecule has 0 unspecified atom stereocenters. The largest absolute Gasteiger partial charge is 0.357 e. The Morgan fingerprint density at radius 2 is 1.86 bits per heavy atom. The topological polar surface area (TPSA) is 82.6 Å². The molecule has 2 aromatic rings. The summed E-state index contributed by atoms with van der Waals surface area (Å²) in [6, 6.07) is 11.1. The van der Waals surface area contributed by atoms with Gasteiger partial charge in [0.2, 0.25) is 10.0 Å². The van der Waals surface area contributed by atoms with E-state index in [2.05, 4.69) is 31.8 Å². The monoisotopic (exact) mass is 422 g/mol. The van der Waals surface area contributed by atoms with Crippen molar-refractivity contribution in [1.82, 2.24) is 15.4 Å². The van der Waals surface area contributed by atoms with Gasteiger partial charge in [-0.1, -0.05) is 24.3 Å². The summed E-state index contributed by atoms with van der Waals surface area (Å²) >= 11 is 1.73. The quantitative estimate of drug-likeness (QED) is 0.451. The fourth-order valence-corrected chi connectivity index (χ4v) is 4.98. The van der Waals surface area contributed by atoms with Crippen molar-refractivity contribution in [2.24, 2.45) is 4.99 Å². The van der Waals surface area contributed by atoms with Crippen molar-refractivity contribution in [2.45, 2.75) is 51.1 Å². The van der Waals surface area contributed by atoms with Gasteiger partial charge in [-0.15, -0.1) is 11.3 Å². The number of hydrogen-bond acceptors (Lipinski definition) is 4. The normalized spacial score (nSPS) is 12.8. The Labute approximate surface area is 172 Å². The van der Waals surface area contributed by atoms with Crippen molar-refractivity contribution < 1.29 is 8.42 Å². The van der Waals surface area contributed by atoms with Crippen LogP contribution in [0.3, 0.4) is 0 Å². The number of sulfonamides is 1. The van der Waals surface area contributed by atoms with Gasteiger partial charge in [0.25, 0.3) is 0 Å². The minimum absolute atomic E-state index is 0.267. The number of guanidine groups is 1. The number of benzene rings is 1. The highest BCUT2D eigenvalue weighted by atomic mass is 32.2. The summed E-state index contributed by atoms with van der Waals surface area (Å²) in [4.78, 5) is 6.16. The Balaban J connectivity index is 2.11. The van der Waals surface area contributed by atoms with Crippen molar-refractivity contribution in [2.75, 3.05) is 13.1 Å². The van der Waals surface area contributed by atoms with Crippen LogP contribution in [0.2, 0.25) is 0 Å². The molecule has 1 heterocycles. The lowest BCUT2D eigenvalue weighted by atomic mass is 10.1. The minimum atomic E-state index is -3.61. The zero-order valence-corrected chi connectivity index (χ0v) is 18.6. The first kappa shape index (κ1) is 22.4. The number of aliphatic imine (C=N–C) groups is 1. The highest BCUT2D eigenvalue weighted by Crippen LogP contribution is 2.18. The summed E-state index contributed by atoms with van der Waals surface area (Å²) in [5.41, 5.74) is 0.114. The lowest BCUT2D eigenvalue weighted by molar-refractivity contribution is 0.491. The molecule has 0 amide bonds. The SMILES string of the molecule is CCNC(=NCc1ccccc1S(=O)(=O)NC(C)(C)C)NCCc1cccs1. The van der Waals surface area contributed by atoms with E-state index in [0.717, 1.165) is 19.5 Å². The van der Waals surface area contributed by atoms with Crippen molar-refractivity contribution in [3.05, 3.63) is 52.2 Å². The molecule has 28 heavy (non-hydrogen) atoms. The Bertz CT molecular complexity index is 870. The highest BCUT2D eigenvalue weighted by Gasteiger charge is 2.24. The standard InChI is InChI=1S/C20H30N4O2S2/c1-5-21-19(22-13-12-17-10-8-14-27-17)23-15-16-9-6-7-11-18(16)28(25,26)24-20(2,3)4/h6-11,14,24H,5,12-13,15H2,1-4H3,(H2,21,22,23). The summed E-state index contributed by atoms with van der Waals surface area (Å²) in [6.07, 6.45) is 0.919. The first-order valence-corrected chi connectivity index (χ1v) is 11.7. The van der Waals surface area contributed by atoms with E-state index in [1.54, 1.807) is 29.5 Å². The van der Waals surface area contributed by atoms with E-state index in [9.17, 15) is 8.42 Å². The lowest BCUT2D eigenvalue weighted by Crippen LogP contribution is -2.41. The maximum absolute atomic E-state index is 12.8. The minimum Gasteiger partial charge on any atom is -0.357 e. The lowest BCUT2D eigenvalue weighted by Gasteiger charge is -2.21. The molecule has 0 aliphatic heterocycles. The Morgan fingerprint density at radius 3 is 2.50 bits per heavy atom. The smallest absolute Gasteiger partial charge is 0.241 e. The summed E-state index contributed by atoms with van der Waals surface area (Å²) in [7, 11) is -3.61. The molecule has 0 aliphatic rings. The Hall–Kier alpha value is -1.90. The zero-order valence-electron chi connectivity index (χ0n) is 17.0. The van der Waals surface area contributed by atoms with Crippen LogP contribution in [-0.4, -0.2) is 33.0 Å². The van der Waals surface area contributed by atoms with E-state index in [1.165, 1.54) is 4.88 Å². The molecule has 0 bridgehead atoms. The third-order valence-corrected chi connectivity index (χ3v) is 6.49. The van der Waals surface area contributed by atoms with Gasteiger partial charge in [0, 0.05) is 23.5 Å². The number of hydrogen-bond donors (Lipinski definition) is 3. The fraction of sp³-hybridized carbons (Fsp3) is 0.450. The third kappa shape index (κ3) is 7.26. The van der Waals surface area contributed by atoms with Gasteiger partial charge < -0.3 is 10.6 Å². The van der Waals surface area contributed by atoms with Gasteiger partial charge in [-0.25, -0.2) is 18.1 Å². The number of rotatable bonds is 8. The van der Waals surface area contributed by atoms with Gasteiger partial charge in [-0.2, -0.15) is 0 Å². The van der Waals surface area contributed by atoms with Crippen LogP contribution < -0.4 is 15.4 Å². The summed E-state index contributed by atoms with van der Waals surface area (Å²) in [5, 5.41) is 8.58. The van der Waals surface area contributed by atoms with Gasteiger partial charge >= 0.3 is 0 Å². The van der Waals surface area contributed by atoms with Crippen molar-refractivity contribution in [3.63, 3.8) is 0 Å². The van der Waals surface area contributed by atoms with Crippen LogP contribution in [0, 0.1) is 0 Å². The molecule has 154 valence electrons. The second kappa shape index (κ2) is 10.0. The predicted molar refractivity (Wildman–Crippen MR) is 117 cm³/mol. The van der Waals surface area contributed by atoms with Gasteiger partial charge in [0.15, 0.2) is 5.96 Å². The molecule has 1 aromatic carbocycles. The molecule has 6 nitrogen and oxygen atoms in total. The van der Waals surface area contributed by atoms with Crippen LogP contribution in [0.25, 0.3) is 0 Å². The van der Waals surface area contributed by atoms with E-state index in [0.29, 0.717) is 11.5 Å². The molecule has 3 N–H and O–H groups in total. The van der Waals surface area contributed by atoms with Gasteiger partial charge in [0.1, 0.15) is 0 Å². The van der Waals surface area contributed by atoms with Crippen LogP contribution in [0.5, 0.6) is 0 Å². The Morgan fingerprint density at radius 1 is 1.11 bits per heavy atom. The van der Waals surface area contributed by atoms with E-state index in [-0.39, 0.29) is 11.4 Å². The van der Waals surface area contributed by atoms with Gasteiger partial charge in [-0.3, -0.25) is 0 Å². The Kier molecular flexibility index (Phi) is 8.03. The molecule has 0 aliphatic carbocycles. The van der Waals surface area contributed by atoms with Crippen LogP contribution in [-0.2, 0) is 23.0 Å². The first-order chi connectivity index (χ1) is 13.2. The summed E-state index contributed by atoms with van der Waals surface area (Å²) < 4.78 is 28.2. The van der Waals surface area contributed by atoms with E-state index >= 15 is 0 Å². The predicted octanol–water partition coefficient (Wildman–Crippen LogP) is 3.12. The van der Waals surface area contributed by atoms with Crippen LogP contribution >= 0.6 is 11.3 Å². The second-order valence-electron chi connectivity index (χ2n) is 7.41. The summed E-state index contributed by atoms with van der Waals surface area (Å²) in [5.74, 6) is 0.676. The zero-order chi connectivity index (χ0) is 20.6. The average Bonchev–Trinajstić information content (AvgIpc) is 3.11. The molecule has 0 radical (unpaired) electrons. The van der Waals surface area contributed by atoms with E-state index in [4.69, 9.17) is 0 Å². The molecule has 8 heteroatoms. The molecule has 2 rings (SSSR count). The summed E-state index contributed by atoms with van der Waals surface area (Å²) in [6.45, 7) is 9.25. The molecule has 0 spiro atoms. The highest BCUT2D eigenvalue weighted by molar-refractivity contribution is 7.89. The molecule has 0 saturated carbocycles. The van der Waals surface area contributed by atoms with Crippen LogP contribution in [0.15, 0.2) is 51.7 Å². The maximum atomic E-state index is 12.8. The van der Waals surface area contributed by atoms with Crippen LogP contribution in [0.1, 0.15) is 38.1 Å². The van der Waals surface area contributed by atoms with Gasteiger partial charge in [0.05, 0.1) is 11.4 Å². The van der Waals surface area contributed by atoms with Crippen LogP contribution in [0.4, 0.5) is 0 Å². The van der Waals surface area contributed by atoms with Crippen molar-refractivity contribution in [1.29, 1.82) is 0 Å². The fourth-order valence-electron chi connectivity index (χ4n) is 2.62.